The topological polar surface area (TPSA) is 59.8 Å². The lowest BCUT2D eigenvalue weighted by Crippen LogP contribution is -2.22. The van der Waals surface area contributed by atoms with Gasteiger partial charge in [-0.15, -0.1) is 0 Å². The third-order valence-electron chi connectivity index (χ3n) is 4.09. The fourth-order valence-electron chi connectivity index (χ4n) is 2.78. The number of aromatic nitrogens is 3. The van der Waals surface area contributed by atoms with Crippen LogP contribution < -0.4 is 5.32 Å². The number of nitrogens with one attached hydrogen (secondary N) is 1. The summed E-state index contributed by atoms with van der Waals surface area (Å²) in [6.07, 6.45) is 5.82. The molecule has 25 heavy (non-hydrogen) atoms. The third-order valence-corrected chi connectivity index (χ3v) is 4.09. The van der Waals surface area contributed by atoms with Gasteiger partial charge in [0.15, 0.2) is 0 Å². The highest BCUT2D eigenvalue weighted by Gasteiger charge is 2.08. The number of carbonyl (C=O) groups excluding carboxylic acids is 1. The second-order valence-corrected chi connectivity index (χ2v) is 6.00. The first kappa shape index (κ1) is 16.9. The van der Waals surface area contributed by atoms with Crippen LogP contribution in [0.1, 0.15) is 24.1 Å². The van der Waals surface area contributed by atoms with Crippen molar-refractivity contribution in [2.24, 2.45) is 7.05 Å². The lowest BCUT2D eigenvalue weighted by atomic mass is 10.1. The molecule has 1 amide bonds. The summed E-state index contributed by atoms with van der Waals surface area (Å²) in [6, 6.07) is 16.1. The number of pyridine rings is 1. The average molecular weight is 334 g/mol. The van der Waals surface area contributed by atoms with Crippen molar-refractivity contribution in [3.8, 4) is 11.3 Å². The molecule has 0 saturated heterocycles. The number of aryl methyl sites for hydroxylation is 2. The Hall–Kier alpha value is -2.95. The number of amides is 1. The highest BCUT2D eigenvalue weighted by atomic mass is 16.1. The van der Waals surface area contributed by atoms with Crippen LogP contribution in [0.5, 0.6) is 0 Å². The van der Waals surface area contributed by atoms with Gasteiger partial charge < -0.3 is 5.32 Å². The van der Waals surface area contributed by atoms with Crippen LogP contribution in [0, 0.1) is 0 Å². The number of nitrogens with zero attached hydrogens (tertiary/aromatic N) is 3. The molecular weight excluding hydrogens is 312 g/mol. The number of rotatable bonds is 7. The lowest BCUT2D eigenvalue weighted by Gasteiger charge is -2.03. The zero-order valence-electron chi connectivity index (χ0n) is 14.4. The average Bonchev–Trinajstić information content (AvgIpc) is 3.02. The second-order valence-electron chi connectivity index (χ2n) is 6.00. The van der Waals surface area contributed by atoms with E-state index in [0.717, 1.165) is 29.8 Å². The first-order valence-electron chi connectivity index (χ1n) is 8.46. The second kappa shape index (κ2) is 8.24. The summed E-state index contributed by atoms with van der Waals surface area (Å²) in [7, 11) is 1.90. The van der Waals surface area contributed by atoms with Crippen LogP contribution in [0.2, 0.25) is 0 Å². The van der Waals surface area contributed by atoms with E-state index in [2.05, 4.69) is 27.5 Å². The Labute approximate surface area is 147 Å². The molecule has 0 spiro atoms. The monoisotopic (exact) mass is 334 g/mol. The van der Waals surface area contributed by atoms with Gasteiger partial charge >= 0.3 is 0 Å². The van der Waals surface area contributed by atoms with Gasteiger partial charge in [0.1, 0.15) is 0 Å². The Morgan fingerprint density at radius 3 is 2.64 bits per heavy atom. The van der Waals surface area contributed by atoms with E-state index in [4.69, 9.17) is 0 Å². The smallest absolute Gasteiger partial charge is 0.220 e. The Kier molecular flexibility index (Phi) is 5.57. The van der Waals surface area contributed by atoms with E-state index >= 15 is 0 Å². The minimum atomic E-state index is 0.0621. The summed E-state index contributed by atoms with van der Waals surface area (Å²) >= 11 is 0. The molecule has 0 aliphatic rings. The van der Waals surface area contributed by atoms with E-state index in [1.807, 2.05) is 48.1 Å². The molecule has 1 aromatic carbocycles. The molecule has 2 heterocycles. The van der Waals surface area contributed by atoms with Crippen LogP contribution in [0.4, 0.5) is 0 Å². The van der Waals surface area contributed by atoms with Crippen LogP contribution in [0.25, 0.3) is 11.3 Å². The summed E-state index contributed by atoms with van der Waals surface area (Å²) in [6.45, 7) is 0.448. The Bertz CT molecular complexity index is 812. The van der Waals surface area contributed by atoms with Crippen molar-refractivity contribution >= 4 is 5.91 Å². The maximum absolute atomic E-state index is 12.0. The first-order chi connectivity index (χ1) is 12.2. The van der Waals surface area contributed by atoms with Gasteiger partial charge in [-0.1, -0.05) is 30.3 Å². The molecule has 5 nitrogen and oxygen atoms in total. The SMILES string of the molecule is Cn1nc(CNC(=O)CCCc2ccccc2)cc1-c1ccncc1. The third kappa shape index (κ3) is 4.76. The van der Waals surface area contributed by atoms with Crippen molar-refractivity contribution < 1.29 is 4.79 Å². The van der Waals surface area contributed by atoms with Crippen LogP contribution in [-0.4, -0.2) is 20.7 Å². The molecule has 2 aromatic heterocycles. The molecule has 0 aliphatic carbocycles. The number of carbonyl (C=O) groups is 1. The molecule has 0 unspecified atom stereocenters. The highest BCUT2D eigenvalue weighted by molar-refractivity contribution is 5.75. The maximum atomic E-state index is 12.0. The van der Waals surface area contributed by atoms with Crippen molar-refractivity contribution in [3.05, 3.63) is 72.2 Å². The summed E-state index contributed by atoms with van der Waals surface area (Å²) in [4.78, 5) is 16.0. The molecule has 1 N–H and O–H groups in total. The maximum Gasteiger partial charge on any atom is 0.220 e. The Morgan fingerprint density at radius 2 is 1.88 bits per heavy atom. The van der Waals surface area contributed by atoms with Gasteiger partial charge in [-0.2, -0.15) is 5.10 Å². The molecule has 0 fully saturated rings. The fourth-order valence-corrected chi connectivity index (χ4v) is 2.78. The van der Waals surface area contributed by atoms with Gasteiger partial charge in [0.25, 0.3) is 0 Å². The molecule has 0 bridgehead atoms. The van der Waals surface area contributed by atoms with E-state index in [9.17, 15) is 4.79 Å². The normalized spacial score (nSPS) is 10.6. The fraction of sp³-hybridized carbons (Fsp3) is 0.250. The van der Waals surface area contributed by atoms with Gasteiger partial charge in [-0.3, -0.25) is 14.5 Å². The molecule has 3 rings (SSSR count). The minimum Gasteiger partial charge on any atom is -0.350 e. The standard InChI is InChI=1S/C20H22N4O/c1-24-19(17-10-12-21-13-11-17)14-18(23-24)15-22-20(25)9-5-8-16-6-3-2-4-7-16/h2-4,6-7,10-14H,5,8-9,15H2,1H3,(H,22,25). The molecule has 3 aromatic rings. The van der Waals surface area contributed by atoms with Crippen molar-refractivity contribution in [1.82, 2.24) is 20.1 Å². The van der Waals surface area contributed by atoms with E-state index in [-0.39, 0.29) is 5.91 Å². The summed E-state index contributed by atoms with van der Waals surface area (Å²) < 4.78 is 1.83. The minimum absolute atomic E-state index is 0.0621. The number of hydrogen-bond acceptors (Lipinski definition) is 3. The first-order valence-corrected chi connectivity index (χ1v) is 8.46. The Morgan fingerprint density at radius 1 is 1.12 bits per heavy atom. The molecule has 0 aliphatic heterocycles. The van der Waals surface area contributed by atoms with Gasteiger partial charge in [-0.25, -0.2) is 0 Å². The van der Waals surface area contributed by atoms with Crippen molar-refractivity contribution in [2.45, 2.75) is 25.8 Å². The van der Waals surface area contributed by atoms with Gasteiger partial charge in [-0.05, 0) is 36.6 Å². The van der Waals surface area contributed by atoms with Gasteiger partial charge in [0.05, 0.1) is 17.9 Å². The summed E-state index contributed by atoms with van der Waals surface area (Å²) in [5.74, 6) is 0.0621. The van der Waals surface area contributed by atoms with E-state index in [1.165, 1.54) is 5.56 Å². The zero-order valence-corrected chi connectivity index (χ0v) is 14.4. The summed E-state index contributed by atoms with van der Waals surface area (Å²) in [5, 5.41) is 7.42. The molecule has 0 saturated carbocycles. The lowest BCUT2D eigenvalue weighted by molar-refractivity contribution is -0.121. The van der Waals surface area contributed by atoms with E-state index in [1.54, 1.807) is 12.4 Å². The Balaban J connectivity index is 1.48. The zero-order chi connectivity index (χ0) is 17.5. The van der Waals surface area contributed by atoms with Crippen molar-refractivity contribution in [1.29, 1.82) is 0 Å². The quantitative estimate of drug-likeness (QED) is 0.722. The van der Waals surface area contributed by atoms with E-state index < -0.39 is 0 Å². The molecule has 0 radical (unpaired) electrons. The van der Waals surface area contributed by atoms with Crippen LogP contribution in [-0.2, 0) is 24.8 Å². The molecule has 0 atom stereocenters. The van der Waals surface area contributed by atoms with Crippen molar-refractivity contribution in [2.75, 3.05) is 0 Å². The molecule has 128 valence electrons. The molecule has 5 heteroatoms. The van der Waals surface area contributed by atoms with Crippen LogP contribution in [0.3, 0.4) is 0 Å². The summed E-state index contributed by atoms with van der Waals surface area (Å²) in [5.41, 5.74) is 4.19. The predicted molar refractivity (Wildman–Crippen MR) is 97.7 cm³/mol. The number of hydrogen-bond donors (Lipinski definition) is 1. The van der Waals surface area contributed by atoms with Gasteiger partial charge in [0, 0.05) is 31.4 Å². The predicted octanol–water partition coefficient (Wildman–Crippen LogP) is 3.12. The molecular formula is C20H22N4O. The van der Waals surface area contributed by atoms with Gasteiger partial charge in [0.2, 0.25) is 5.91 Å². The van der Waals surface area contributed by atoms with Crippen LogP contribution >= 0.6 is 0 Å². The van der Waals surface area contributed by atoms with Crippen LogP contribution in [0.15, 0.2) is 60.9 Å². The highest BCUT2D eigenvalue weighted by Crippen LogP contribution is 2.18. The van der Waals surface area contributed by atoms with Crippen molar-refractivity contribution in [3.63, 3.8) is 0 Å². The largest absolute Gasteiger partial charge is 0.350 e. The van der Waals surface area contributed by atoms with E-state index in [0.29, 0.717) is 13.0 Å². The number of benzene rings is 1.